The maximum atomic E-state index is 11.7. The zero-order valence-corrected chi connectivity index (χ0v) is 11.1. The van der Waals surface area contributed by atoms with Gasteiger partial charge in [0.2, 0.25) is 0 Å². The maximum Gasteiger partial charge on any atom is 0.325 e. The topological polar surface area (TPSA) is 55.4 Å². The minimum atomic E-state index is -0.423. The van der Waals surface area contributed by atoms with Gasteiger partial charge in [0, 0.05) is 22.9 Å². The van der Waals surface area contributed by atoms with E-state index in [4.69, 9.17) is 23.2 Å². The molecule has 0 saturated heterocycles. The van der Waals surface area contributed by atoms with Gasteiger partial charge in [-0.15, -0.1) is 0 Å². The third-order valence-electron chi connectivity index (χ3n) is 2.02. The summed E-state index contributed by atoms with van der Waals surface area (Å²) < 4.78 is 4.42. The van der Waals surface area contributed by atoms with Crippen LogP contribution in [0.25, 0.3) is 0 Å². The van der Waals surface area contributed by atoms with E-state index >= 15 is 0 Å². The molecular formula is C12H11Cl2NO3. The van der Waals surface area contributed by atoms with Crippen LogP contribution < -0.4 is 5.32 Å². The fourth-order valence-electron chi connectivity index (χ4n) is 1.13. The lowest BCUT2D eigenvalue weighted by Gasteiger charge is -2.01. The zero-order valence-electron chi connectivity index (χ0n) is 9.57. The first-order valence-electron chi connectivity index (χ1n) is 5.00. The third kappa shape index (κ3) is 4.39. The fourth-order valence-corrected chi connectivity index (χ4v) is 1.51. The molecule has 4 nitrogen and oxygen atoms in total. The van der Waals surface area contributed by atoms with Crippen LogP contribution in [0.4, 0.5) is 0 Å². The van der Waals surface area contributed by atoms with Crippen molar-refractivity contribution in [3.63, 3.8) is 0 Å². The van der Waals surface area contributed by atoms with E-state index < -0.39 is 5.97 Å². The Bertz CT molecular complexity index is 486. The molecule has 0 atom stereocenters. The number of nitrogens with one attached hydrogen (secondary N) is 1. The largest absolute Gasteiger partial charge is 0.468 e. The van der Waals surface area contributed by atoms with E-state index in [2.05, 4.69) is 10.1 Å². The van der Waals surface area contributed by atoms with E-state index in [-0.39, 0.29) is 12.3 Å². The number of ether oxygens (including phenoxy) is 1. The van der Waals surface area contributed by atoms with Gasteiger partial charge in [-0.1, -0.05) is 23.2 Å². The number of rotatable bonds is 5. The van der Waals surface area contributed by atoms with Crippen molar-refractivity contribution >= 4 is 35.0 Å². The van der Waals surface area contributed by atoms with Crippen molar-refractivity contribution in [2.45, 2.75) is 0 Å². The average Bonchev–Trinajstić information content (AvgIpc) is 2.36. The first-order valence-corrected chi connectivity index (χ1v) is 5.76. The second-order valence-electron chi connectivity index (χ2n) is 3.28. The van der Waals surface area contributed by atoms with Crippen LogP contribution in [0.1, 0.15) is 10.4 Å². The lowest BCUT2D eigenvalue weighted by Crippen LogP contribution is -2.19. The normalized spacial score (nSPS) is 10.4. The minimum absolute atomic E-state index is 0.0104. The fraction of sp³-hybridized carbons (Fsp3) is 0.167. The Labute approximate surface area is 115 Å². The Morgan fingerprint density at radius 1 is 1.39 bits per heavy atom. The molecule has 0 saturated carbocycles. The highest BCUT2D eigenvalue weighted by Crippen LogP contribution is 2.21. The summed E-state index contributed by atoms with van der Waals surface area (Å²) in [6.45, 7) is -0.0104. The van der Waals surface area contributed by atoms with Gasteiger partial charge in [0.1, 0.15) is 6.54 Å². The van der Waals surface area contributed by atoms with E-state index in [9.17, 15) is 9.59 Å². The number of carbonyl (C=O) groups is 2. The molecule has 1 rings (SSSR count). The Balaban J connectivity index is 2.62. The lowest BCUT2D eigenvalue weighted by atomic mass is 10.1. The molecular weight excluding hydrogens is 277 g/mol. The van der Waals surface area contributed by atoms with Crippen molar-refractivity contribution < 1.29 is 14.3 Å². The minimum Gasteiger partial charge on any atom is -0.468 e. The smallest absolute Gasteiger partial charge is 0.325 e. The molecule has 0 heterocycles. The van der Waals surface area contributed by atoms with E-state index in [0.29, 0.717) is 15.6 Å². The van der Waals surface area contributed by atoms with Gasteiger partial charge in [-0.2, -0.15) is 0 Å². The number of esters is 1. The van der Waals surface area contributed by atoms with Gasteiger partial charge in [0.25, 0.3) is 0 Å². The van der Waals surface area contributed by atoms with Gasteiger partial charge in [0.15, 0.2) is 5.78 Å². The highest BCUT2D eigenvalue weighted by Gasteiger charge is 2.07. The number of allylic oxidation sites excluding steroid dienone is 1. The first-order chi connectivity index (χ1) is 8.54. The van der Waals surface area contributed by atoms with Crippen LogP contribution in [0.3, 0.4) is 0 Å². The number of halogens is 2. The van der Waals surface area contributed by atoms with Crippen LogP contribution in [0.2, 0.25) is 10.0 Å². The Kier molecular flexibility index (Phi) is 5.68. The summed E-state index contributed by atoms with van der Waals surface area (Å²) in [5, 5.41) is 3.37. The number of hydrogen-bond donors (Lipinski definition) is 1. The number of hydrogen-bond acceptors (Lipinski definition) is 4. The molecule has 0 aromatic heterocycles. The molecule has 0 aliphatic heterocycles. The molecule has 96 valence electrons. The van der Waals surface area contributed by atoms with Crippen LogP contribution in [-0.2, 0) is 9.53 Å². The maximum absolute atomic E-state index is 11.7. The van der Waals surface area contributed by atoms with Gasteiger partial charge < -0.3 is 10.1 Å². The number of carbonyl (C=O) groups excluding carboxylic acids is 2. The van der Waals surface area contributed by atoms with Gasteiger partial charge >= 0.3 is 5.97 Å². The van der Waals surface area contributed by atoms with Crippen LogP contribution in [0.5, 0.6) is 0 Å². The molecule has 6 heteroatoms. The summed E-state index contributed by atoms with van der Waals surface area (Å²) >= 11 is 11.6. The molecule has 0 aliphatic carbocycles. The molecule has 0 aliphatic rings. The van der Waals surface area contributed by atoms with Gasteiger partial charge in [-0.25, -0.2) is 0 Å². The van der Waals surface area contributed by atoms with Crippen LogP contribution in [0, 0.1) is 0 Å². The molecule has 0 amide bonds. The number of ketones is 1. The average molecular weight is 288 g/mol. The Morgan fingerprint density at radius 2 is 2.11 bits per heavy atom. The molecule has 0 bridgehead atoms. The predicted octanol–water partition coefficient (Wildman–Crippen LogP) is 2.45. The Hall–Kier alpha value is -1.52. The second kappa shape index (κ2) is 7.03. The van der Waals surface area contributed by atoms with Crippen LogP contribution in [-0.4, -0.2) is 25.4 Å². The standard InChI is InChI=1S/C12H11Cl2NO3/c1-18-12(17)7-15-5-4-11(16)9-6-8(13)2-3-10(9)14/h2-6,15H,7H2,1H3/b5-4-. The molecule has 1 aromatic carbocycles. The highest BCUT2D eigenvalue weighted by atomic mass is 35.5. The number of benzene rings is 1. The zero-order chi connectivity index (χ0) is 13.5. The SMILES string of the molecule is COC(=O)CN/C=C\C(=O)c1cc(Cl)ccc1Cl. The van der Waals surface area contributed by atoms with Crippen molar-refractivity contribution in [1.29, 1.82) is 0 Å². The summed E-state index contributed by atoms with van der Waals surface area (Å²) in [6.07, 6.45) is 2.62. The highest BCUT2D eigenvalue weighted by molar-refractivity contribution is 6.36. The third-order valence-corrected chi connectivity index (χ3v) is 2.59. The molecule has 18 heavy (non-hydrogen) atoms. The molecule has 0 spiro atoms. The quantitative estimate of drug-likeness (QED) is 0.513. The molecule has 0 fully saturated rings. The molecule has 0 unspecified atom stereocenters. The van der Waals surface area contributed by atoms with E-state index in [1.165, 1.54) is 25.5 Å². The van der Waals surface area contributed by atoms with E-state index in [0.717, 1.165) is 0 Å². The second-order valence-corrected chi connectivity index (χ2v) is 4.12. The van der Waals surface area contributed by atoms with Crippen molar-refractivity contribution in [2.24, 2.45) is 0 Å². The molecule has 1 N–H and O–H groups in total. The van der Waals surface area contributed by atoms with Crippen molar-refractivity contribution in [3.8, 4) is 0 Å². The van der Waals surface area contributed by atoms with Gasteiger partial charge in [0.05, 0.1) is 12.1 Å². The molecule has 1 aromatic rings. The number of methoxy groups -OCH3 is 1. The van der Waals surface area contributed by atoms with Gasteiger partial charge in [-0.05, 0) is 18.2 Å². The van der Waals surface area contributed by atoms with Crippen LogP contribution >= 0.6 is 23.2 Å². The Morgan fingerprint density at radius 3 is 2.78 bits per heavy atom. The van der Waals surface area contributed by atoms with Crippen molar-refractivity contribution in [3.05, 3.63) is 46.1 Å². The summed E-state index contributed by atoms with van der Waals surface area (Å²) in [4.78, 5) is 22.5. The van der Waals surface area contributed by atoms with E-state index in [1.54, 1.807) is 12.1 Å². The summed E-state index contributed by atoms with van der Waals surface area (Å²) in [6, 6.07) is 4.63. The summed E-state index contributed by atoms with van der Waals surface area (Å²) in [7, 11) is 1.28. The lowest BCUT2D eigenvalue weighted by molar-refractivity contribution is -0.139. The van der Waals surface area contributed by atoms with E-state index in [1.807, 2.05) is 0 Å². The van der Waals surface area contributed by atoms with Gasteiger partial charge in [-0.3, -0.25) is 9.59 Å². The van der Waals surface area contributed by atoms with Crippen molar-refractivity contribution in [1.82, 2.24) is 5.32 Å². The predicted molar refractivity (Wildman–Crippen MR) is 70.0 cm³/mol. The van der Waals surface area contributed by atoms with Crippen molar-refractivity contribution in [2.75, 3.05) is 13.7 Å². The summed E-state index contributed by atoms with van der Waals surface area (Å²) in [5.74, 6) is -0.729. The monoisotopic (exact) mass is 287 g/mol. The summed E-state index contributed by atoms with van der Waals surface area (Å²) in [5.41, 5.74) is 0.306. The first kappa shape index (κ1) is 14.5. The molecule has 0 radical (unpaired) electrons. The van der Waals surface area contributed by atoms with Crippen LogP contribution in [0.15, 0.2) is 30.5 Å².